The number of benzene rings is 2. The van der Waals surface area contributed by atoms with Crippen molar-refractivity contribution in [2.45, 2.75) is 32.1 Å². The fraction of sp³-hybridized carbons (Fsp3) is 0.412. The minimum absolute atomic E-state index is 0.142. The lowest BCUT2D eigenvalue weighted by atomic mass is 9.91. The Labute approximate surface area is 114 Å². The molecule has 1 heteroatoms. The van der Waals surface area contributed by atoms with E-state index < -0.39 is 0 Å². The van der Waals surface area contributed by atoms with Crippen molar-refractivity contribution < 1.29 is 0 Å². The van der Waals surface area contributed by atoms with Crippen LogP contribution < -0.4 is 0 Å². The van der Waals surface area contributed by atoms with E-state index in [1.807, 2.05) is 0 Å². The number of hydrogen-bond donors (Lipinski definition) is 0. The molecule has 2 atom stereocenters. The third kappa shape index (κ3) is 2.03. The molecule has 1 aliphatic rings. The van der Waals surface area contributed by atoms with E-state index in [0.29, 0.717) is 5.92 Å². The topological polar surface area (TPSA) is 0 Å². The van der Waals surface area contributed by atoms with Crippen molar-refractivity contribution in [3.05, 3.63) is 47.5 Å². The smallest absolute Gasteiger partial charge is 0.0619 e. The van der Waals surface area contributed by atoms with Crippen molar-refractivity contribution in [1.82, 2.24) is 0 Å². The normalized spacial score (nSPS) is 18.8. The predicted molar refractivity (Wildman–Crippen MR) is 79.2 cm³/mol. The SMILES string of the molecule is Cc1ccc(C(Cl)C(C)C2CC2)c2ccccc12. The molecule has 2 unspecified atom stereocenters. The maximum atomic E-state index is 6.72. The van der Waals surface area contributed by atoms with Crippen LogP contribution in [0.5, 0.6) is 0 Å². The largest absolute Gasteiger partial charge is 0.117 e. The first-order valence-corrected chi connectivity index (χ1v) is 7.24. The zero-order valence-electron chi connectivity index (χ0n) is 11.0. The molecule has 3 rings (SSSR count). The van der Waals surface area contributed by atoms with Crippen LogP contribution in [0.2, 0.25) is 0 Å². The highest BCUT2D eigenvalue weighted by Crippen LogP contribution is 2.46. The molecule has 0 amide bonds. The van der Waals surface area contributed by atoms with Crippen molar-refractivity contribution in [1.29, 1.82) is 0 Å². The number of fused-ring (bicyclic) bond motifs is 1. The summed E-state index contributed by atoms with van der Waals surface area (Å²) in [5, 5.41) is 2.80. The molecule has 0 aromatic heterocycles. The Kier molecular flexibility index (Phi) is 3.07. The van der Waals surface area contributed by atoms with Crippen LogP contribution in [-0.4, -0.2) is 0 Å². The Morgan fingerprint density at radius 1 is 1.06 bits per heavy atom. The van der Waals surface area contributed by atoms with Gasteiger partial charge in [0.15, 0.2) is 0 Å². The average Bonchev–Trinajstić information content (AvgIpc) is 3.22. The van der Waals surface area contributed by atoms with Gasteiger partial charge in [-0.25, -0.2) is 0 Å². The standard InChI is InChI=1S/C17H19Cl/c1-11-7-10-16(15-6-4-3-5-14(11)15)17(18)12(2)13-8-9-13/h3-7,10,12-13,17H,8-9H2,1-2H3. The maximum Gasteiger partial charge on any atom is 0.0619 e. The molecule has 1 fully saturated rings. The van der Waals surface area contributed by atoms with Gasteiger partial charge in [0.05, 0.1) is 5.38 Å². The number of halogens is 1. The second-order valence-corrected chi connectivity index (χ2v) is 6.09. The fourth-order valence-corrected chi connectivity index (χ4v) is 3.25. The van der Waals surface area contributed by atoms with E-state index in [1.54, 1.807) is 0 Å². The molecule has 0 bridgehead atoms. The summed E-state index contributed by atoms with van der Waals surface area (Å²) in [5.41, 5.74) is 2.63. The summed E-state index contributed by atoms with van der Waals surface area (Å²) in [6.07, 6.45) is 2.71. The summed E-state index contributed by atoms with van der Waals surface area (Å²) in [5.74, 6) is 1.42. The number of hydrogen-bond acceptors (Lipinski definition) is 0. The fourth-order valence-electron chi connectivity index (χ4n) is 2.86. The molecule has 0 heterocycles. The van der Waals surface area contributed by atoms with E-state index in [9.17, 15) is 0 Å². The summed E-state index contributed by atoms with van der Waals surface area (Å²) in [4.78, 5) is 0. The van der Waals surface area contributed by atoms with Gasteiger partial charge in [-0.05, 0) is 53.5 Å². The van der Waals surface area contributed by atoms with Gasteiger partial charge in [0, 0.05) is 0 Å². The van der Waals surface area contributed by atoms with Crippen LogP contribution in [0.25, 0.3) is 10.8 Å². The van der Waals surface area contributed by atoms with Gasteiger partial charge in [0.2, 0.25) is 0 Å². The van der Waals surface area contributed by atoms with E-state index in [-0.39, 0.29) is 5.38 Å². The van der Waals surface area contributed by atoms with Crippen LogP contribution in [0.3, 0.4) is 0 Å². The molecular weight excluding hydrogens is 240 g/mol. The molecule has 18 heavy (non-hydrogen) atoms. The Morgan fingerprint density at radius 3 is 2.39 bits per heavy atom. The zero-order chi connectivity index (χ0) is 12.7. The number of alkyl halides is 1. The van der Waals surface area contributed by atoms with Crippen LogP contribution in [0.15, 0.2) is 36.4 Å². The van der Waals surface area contributed by atoms with E-state index in [0.717, 1.165) is 5.92 Å². The molecule has 1 aliphatic carbocycles. The molecule has 0 spiro atoms. The van der Waals surface area contributed by atoms with Gasteiger partial charge in [-0.3, -0.25) is 0 Å². The maximum absolute atomic E-state index is 6.72. The van der Waals surface area contributed by atoms with Gasteiger partial charge < -0.3 is 0 Å². The molecule has 94 valence electrons. The van der Waals surface area contributed by atoms with Gasteiger partial charge in [0.25, 0.3) is 0 Å². The van der Waals surface area contributed by atoms with Crippen LogP contribution in [0.4, 0.5) is 0 Å². The summed E-state index contributed by atoms with van der Waals surface area (Å²) in [7, 11) is 0. The van der Waals surface area contributed by atoms with Crippen molar-refractivity contribution in [2.24, 2.45) is 11.8 Å². The summed E-state index contributed by atoms with van der Waals surface area (Å²) in [6, 6.07) is 13.0. The van der Waals surface area contributed by atoms with Crippen LogP contribution in [0, 0.1) is 18.8 Å². The minimum atomic E-state index is 0.142. The molecule has 0 nitrogen and oxygen atoms in total. The molecule has 2 aromatic carbocycles. The van der Waals surface area contributed by atoms with E-state index in [2.05, 4.69) is 50.2 Å². The van der Waals surface area contributed by atoms with E-state index in [1.165, 1.54) is 34.7 Å². The van der Waals surface area contributed by atoms with Crippen LogP contribution >= 0.6 is 11.6 Å². The lowest BCUT2D eigenvalue weighted by molar-refractivity contribution is 0.493. The molecule has 0 aliphatic heterocycles. The van der Waals surface area contributed by atoms with Gasteiger partial charge in [-0.15, -0.1) is 11.6 Å². The van der Waals surface area contributed by atoms with Crippen LogP contribution in [-0.2, 0) is 0 Å². The van der Waals surface area contributed by atoms with Crippen LogP contribution in [0.1, 0.15) is 36.3 Å². The summed E-state index contributed by atoms with van der Waals surface area (Å²) < 4.78 is 0. The van der Waals surface area contributed by atoms with Gasteiger partial charge >= 0.3 is 0 Å². The second-order valence-electron chi connectivity index (χ2n) is 5.62. The zero-order valence-corrected chi connectivity index (χ0v) is 11.7. The quantitative estimate of drug-likeness (QED) is 0.640. The Balaban J connectivity index is 2.08. The molecule has 0 N–H and O–H groups in total. The average molecular weight is 259 g/mol. The lowest BCUT2D eigenvalue weighted by Crippen LogP contribution is -2.06. The van der Waals surface area contributed by atoms with Crippen molar-refractivity contribution in [2.75, 3.05) is 0 Å². The summed E-state index contributed by atoms with van der Waals surface area (Å²) in [6.45, 7) is 4.46. The van der Waals surface area contributed by atoms with Gasteiger partial charge in [0.1, 0.15) is 0 Å². The third-order valence-electron chi connectivity index (χ3n) is 4.30. The van der Waals surface area contributed by atoms with E-state index in [4.69, 9.17) is 11.6 Å². The molecule has 0 saturated heterocycles. The first-order valence-electron chi connectivity index (χ1n) is 6.81. The molecular formula is C17H19Cl. The molecule has 1 saturated carbocycles. The predicted octanol–water partition coefficient (Wildman–Crippen LogP) is 5.47. The molecule has 2 aromatic rings. The van der Waals surface area contributed by atoms with Crippen molar-refractivity contribution in [3.63, 3.8) is 0 Å². The van der Waals surface area contributed by atoms with Gasteiger partial charge in [-0.1, -0.05) is 43.3 Å². The van der Waals surface area contributed by atoms with E-state index >= 15 is 0 Å². The monoisotopic (exact) mass is 258 g/mol. The highest BCUT2D eigenvalue weighted by atomic mass is 35.5. The van der Waals surface area contributed by atoms with Crippen molar-refractivity contribution >= 4 is 22.4 Å². The van der Waals surface area contributed by atoms with Gasteiger partial charge in [-0.2, -0.15) is 0 Å². The lowest BCUT2D eigenvalue weighted by Gasteiger charge is -2.20. The highest BCUT2D eigenvalue weighted by molar-refractivity contribution is 6.22. The number of rotatable bonds is 3. The Bertz CT molecular complexity index is 569. The van der Waals surface area contributed by atoms with Crippen molar-refractivity contribution in [3.8, 4) is 0 Å². The highest BCUT2D eigenvalue weighted by Gasteiger charge is 2.33. The Hall–Kier alpha value is -1.01. The Morgan fingerprint density at radius 2 is 1.72 bits per heavy atom. The second kappa shape index (κ2) is 4.59. The third-order valence-corrected chi connectivity index (χ3v) is 4.93. The summed E-state index contributed by atoms with van der Waals surface area (Å²) >= 11 is 6.72. The molecule has 0 radical (unpaired) electrons. The number of aryl methyl sites for hydroxylation is 1. The minimum Gasteiger partial charge on any atom is -0.117 e. The first kappa shape index (κ1) is 12.0. The first-order chi connectivity index (χ1) is 8.68.